The van der Waals surface area contributed by atoms with Gasteiger partial charge >= 0.3 is 12.2 Å². The number of anilines is 3. The molecule has 2 aromatic heterocycles. The summed E-state index contributed by atoms with van der Waals surface area (Å²) in [6.45, 7) is 0.529. The van der Waals surface area contributed by atoms with Crippen molar-refractivity contribution in [1.29, 1.82) is 0 Å². The van der Waals surface area contributed by atoms with Crippen LogP contribution in [0.2, 0.25) is 0 Å². The third kappa shape index (κ3) is 5.11. The summed E-state index contributed by atoms with van der Waals surface area (Å²) in [5, 5.41) is 21.0. The number of aliphatic hydroxyl groups excluding tert-OH is 2. The Kier molecular flexibility index (Phi) is 6.52. The van der Waals surface area contributed by atoms with E-state index in [1.807, 2.05) is 4.90 Å². The molecule has 0 saturated carbocycles. The molecule has 194 valence electrons. The lowest BCUT2D eigenvalue weighted by molar-refractivity contribution is -0.137. The Balaban J connectivity index is 1.42. The molecule has 1 fully saturated rings. The number of alkyl halides is 3. The van der Waals surface area contributed by atoms with E-state index in [2.05, 4.69) is 25.3 Å². The number of aliphatic hydroxyl groups is 2. The van der Waals surface area contributed by atoms with Crippen LogP contribution in [-0.4, -0.2) is 74.6 Å². The van der Waals surface area contributed by atoms with Gasteiger partial charge in [-0.05, 0) is 18.6 Å². The lowest BCUT2D eigenvalue weighted by Crippen LogP contribution is -2.48. The van der Waals surface area contributed by atoms with Gasteiger partial charge in [0.1, 0.15) is 12.7 Å². The number of ether oxygens (including phenoxy) is 1. The molecule has 2 bridgehead atoms. The summed E-state index contributed by atoms with van der Waals surface area (Å²) >= 11 is 0. The zero-order valence-electron chi connectivity index (χ0n) is 19.3. The highest BCUT2D eigenvalue weighted by Gasteiger charge is 2.41. The van der Waals surface area contributed by atoms with Crippen molar-refractivity contribution >= 4 is 23.4 Å². The molecular formula is C23H22F3N7O4. The van der Waals surface area contributed by atoms with E-state index < -0.39 is 30.5 Å². The molecule has 11 nitrogen and oxygen atoms in total. The molecule has 3 N–H and O–H groups in total. The molecule has 1 aromatic carbocycles. The van der Waals surface area contributed by atoms with Crippen molar-refractivity contribution in [3.63, 3.8) is 0 Å². The van der Waals surface area contributed by atoms with Crippen molar-refractivity contribution in [2.75, 3.05) is 41.4 Å². The number of carbonyl (C=O) groups is 1. The molecular weight excluding hydrogens is 495 g/mol. The molecule has 0 spiro atoms. The first-order valence-electron chi connectivity index (χ1n) is 11.4. The second-order valence-electron chi connectivity index (χ2n) is 8.56. The highest BCUT2D eigenvalue weighted by atomic mass is 19.4. The van der Waals surface area contributed by atoms with Crippen LogP contribution in [0.25, 0.3) is 11.4 Å². The number of nitrogens with zero attached hydrogens (tertiary/aromatic N) is 6. The predicted molar refractivity (Wildman–Crippen MR) is 125 cm³/mol. The monoisotopic (exact) mass is 517 g/mol. The Bertz CT molecular complexity index is 1310. The number of halogens is 3. The van der Waals surface area contributed by atoms with E-state index >= 15 is 0 Å². The summed E-state index contributed by atoms with van der Waals surface area (Å²) in [6.07, 6.45) is -0.833. The van der Waals surface area contributed by atoms with Crippen LogP contribution >= 0.6 is 0 Å². The van der Waals surface area contributed by atoms with Gasteiger partial charge in [-0.15, -0.1) is 0 Å². The summed E-state index contributed by atoms with van der Waals surface area (Å²) in [7, 11) is 0. The molecule has 2 amide bonds. The first kappa shape index (κ1) is 24.6. The number of fused-ring (bicyclic) bond motifs is 4. The third-order valence-corrected chi connectivity index (χ3v) is 6.00. The Morgan fingerprint density at radius 2 is 2.08 bits per heavy atom. The summed E-state index contributed by atoms with van der Waals surface area (Å²) in [5.41, 5.74) is -0.0515. The van der Waals surface area contributed by atoms with Crippen molar-refractivity contribution in [2.45, 2.75) is 24.7 Å². The van der Waals surface area contributed by atoms with Gasteiger partial charge in [-0.2, -0.15) is 18.2 Å². The minimum absolute atomic E-state index is 0.0329. The first-order chi connectivity index (χ1) is 17.7. The van der Waals surface area contributed by atoms with E-state index in [0.717, 1.165) is 12.1 Å². The van der Waals surface area contributed by atoms with Crippen LogP contribution < -0.4 is 19.9 Å². The molecule has 2 atom stereocenters. The topological polar surface area (TPSA) is 137 Å². The Morgan fingerprint density at radius 1 is 1.24 bits per heavy atom. The lowest BCUT2D eigenvalue weighted by Gasteiger charge is -2.35. The molecule has 0 radical (unpaired) electrons. The fourth-order valence-electron chi connectivity index (χ4n) is 4.23. The summed E-state index contributed by atoms with van der Waals surface area (Å²) in [5.74, 6) is 0.448. The smallest absolute Gasteiger partial charge is 0.416 e. The van der Waals surface area contributed by atoms with Crippen molar-refractivity contribution in [3.05, 3.63) is 48.4 Å². The lowest BCUT2D eigenvalue weighted by atomic mass is 10.1. The number of aromatic nitrogens is 4. The maximum atomic E-state index is 13.4. The number of hydrogen-bond donors (Lipinski definition) is 3. The van der Waals surface area contributed by atoms with Gasteiger partial charge in [0.2, 0.25) is 5.88 Å². The van der Waals surface area contributed by atoms with E-state index in [1.165, 1.54) is 35.6 Å². The van der Waals surface area contributed by atoms with Gasteiger partial charge in [0.15, 0.2) is 17.5 Å². The number of urea groups is 1. The number of carbonyl (C=O) groups excluding carboxylic acids is 1. The largest absolute Gasteiger partial charge is 0.474 e. The third-order valence-electron chi connectivity index (χ3n) is 6.00. The molecule has 3 aromatic rings. The minimum Gasteiger partial charge on any atom is -0.474 e. The molecule has 2 aliphatic rings. The Labute approximate surface area is 208 Å². The highest BCUT2D eigenvalue weighted by Crippen LogP contribution is 2.40. The van der Waals surface area contributed by atoms with Crippen LogP contribution in [-0.2, 0) is 6.18 Å². The van der Waals surface area contributed by atoms with Crippen LogP contribution in [0.4, 0.5) is 35.3 Å². The van der Waals surface area contributed by atoms with Gasteiger partial charge in [-0.3, -0.25) is 15.2 Å². The number of amides is 2. The molecule has 1 saturated heterocycles. The van der Waals surface area contributed by atoms with Gasteiger partial charge < -0.3 is 19.8 Å². The van der Waals surface area contributed by atoms with Crippen molar-refractivity contribution in [1.82, 2.24) is 19.9 Å². The van der Waals surface area contributed by atoms with Crippen LogP contribution in [0.3, 0.4) is 0 Å². The van der Waals surface area contributed by atoms with Gasteiger partial charge in [-0.25, -0.2) is 14.8 Å². The molecule has 5 rings (SSSR count). The molecule has 37 heavy (non-hydrogen) atoms. The number of benzene rings is 1. The quantitative estimate of drug-likeness (QED) is 0.450. The van der Waals surface area contributed by atoms with Crippen LogP contribution in [0, 0.1) is 0 Å². The van der Waals surface area contributed by atoms with Crippen LogP contribution in [0.5, 0.6) is 5.88 Å². The summed E-state index contributed by atoms with van der Waals surface area (Å²) in [4.78, 5) is 33.8. The minimum atomic E-state index is -4.52. The average Bonchev–Trinajstić information content (AvgIpc) is 3.31. The van der Waals surface area contributed by atoms with Crippen molar-refractivity contribution in [3.8, 4) is 17.3 Å². The van der Waals surface area contributed by atoms with E-state index in [0.29, 0.717) is 25.2 Å². The van der Waals surface area contributed by atoms with Gasteiger partial charge in [0.05, 0.1) is 42.5 Å². The van der Waals surface area contributed by atoms with E-state index in [4.69, 9.17) is 9.84 Å². The second-order valence-corrected chi connectivity index (χ2v) is 8.56. The Morgan fingerprint density at radius 3 is 2.86 bits per heavy atom. The van der Waals surface area contributed by atoms with E-state index in [-0.39, 0.29) is 41.6 Å². The fraction of sp³-hybridized carbons (Fsp3) is 0.348. The predicted octanol–water partition coefficient (Wildman–Crippen LogP) is 2.32. The number of nitrogens with one attached hydrogen (secondary N) is 1. The maximum Gasteiger partial charge on any atom is 0.416 e. The molecule has 2 aliphatic heterocycles. The van der Waals surface area contributed by atoms with Gasteiger partial charge in [0, 0.05) is 18.7 Å². The normalized spacial score (nSPS) is 17.4. The van der Waals surface area contributed by atoms with E-state index in [9.17, 15) is 23.1 Å². The molecule has 14 heteroatoms. The van der Waals surface area contributed by atoms with Gasteiger partial charge in [0.25, 0.3) is 0 Å². The average molecular weight is 517 g/mol. The van der Waals surface area contributed by atoms with E-state index in [1.54, 1.807) is 0 Å². The number of rotatable bonds is 6. The SMILES string of the molecule is O=C(Nc1cncc(OC[C@H](O)CO)n1)N1c2nc(-c3cccc(C(F)(F)F)c3)ncc2N2CCC1C2. The summed E-state index contributed by atoms with van der Waals surface area (Å²) in [6, 6.07) is 3.93. The maximum absolute atomic E-state index is 13.4. The van der Waals surface area contributed by atoms with Crippen LogP contribution in [0.1, 0.15) is 12.0 Å². The highest BCUT2D eigenvalue weighted by molar-refractivity contribution is 6.04. The van der Waals surface area contributed by atoms with Crippen LogP contribution in [0.15, 0.2) is 42.9 Å². The summed E-state index contributed by atoms with van der Waals surface area (Å²) < 4.78 is 44.9. The molecule has 4 heterocycles. The second kappa shape index (κ2) is 9.78. The zero-order valence-corrected chi connectivity index (χ0v) is 19.3. The number of hydrogen-bond acceptors (Lipinski definition) is 9. The zero-order chi connectivity index (χ0) is 26.2. The first-order valence-corrected chi connectivity index (χ1v) is 11.4. The van der Waals surface area contributed by atoms with Gasteiger partial charge in [-0.1, -0.05) is 12.1 Å². The standard InChI is InChI=1S/C23H22F3N7O4/c24-23(25,26)14-3-1-2-13(6-14)20-28-7-17-21(31-20)33(15-4-5-32(17)10-15)22(36)30-18-8-27-9-19(29-18)37-12-16(35)11-34/h1-3,6-9,15-16,34-35H,4-5,10-12H2,(H,29,30,36)/t15?,16-/m1/s1. The Hall–Kier alpha value is -4.04. The molecule has 0 aliphatic carbocycles. The van der Waals surface area contributed by atoms with Crippen molar-refractivity contribution in [2.24, 2.45) is 0 Å². The fourth-order valence-corrected chi connectivity index (χ4v) is 4.23. The van der Waals surface area contributed by atoms with Crippen molar-refractivity contribution < 1.29 is 32.9 Å². The molecule has 1 unspecified atom stereocenters.